The van der Waals surface area contributed by atoms with Gasteiger partial charge in [-0.25, -0.2) is 4.39 Å². The molecule has 0 bridgehead atoms. The summed E-state index contributed by atoms with van der Waals surface area (Å²) in [6.07, 6.45) is 1.06. The van der Waals surface area contributed by atoms with E-state index < -0.39 is 5.82 Å². The normalized spacial score (nSPS) is 10.3. The van der Waals surface area contributed by atoms with E-state index in [-0.39, 0.29) is 6.42 Å². The lowest BCUT2D eigenvalue weighted by molar-refractivity contribution is 0.620. The molecule has 0 saturated heterocycles. The first-order chi connectivity index (χ1) is 9.02. The van der Waals surface area contributed by atoms with Crippen LogP contribution >= 0.6 is 34.8 Å². The molecule has 0 aliphatic heterocycles. The Bertz CT molecular complexity index is 657. The van der Waals surface area contributed by atoms with Crippen molar-refractivity contribution in [2.24, 2.45) is 0 Å². The molecule has 0 N–H and O–H groups in total. The molecular weight excluding hydrogens is 310 g/mol. The van der Waals surface area contributed by atoms with E-state index in [1.165, 1.54) is 18.2 Å². The second kappa shape index (κ2) is 5.75. The van der Waals surface area contributed by atoms with Gasteiger partial charge in [-0.05, 0) is 23.8 Å². The minimum Gasteiger partial charge on any atom is -0.253 e. The zero-order chi connectivity index (χ0) is 14.0. The summed E-state index contributed by atoms with van der Waals surface area (Å²) in [5.41, 5.74) is 1.25. The van der Waals surface area contributed by atoms with Crippen LogP contribution in [0.4, 0.5) is 4.39 Å². The number of rotatable bonds is 2. The van der Waals surface area contributed by atoms with E-state index in [1.807, 2.05) is 6.07 Å². The number of hydrogen-bond donors (Lipinski definition) is 0. The van der Waals surface area contributed by atoms with Crippen LogP contribution in [0.25, 0.3) is 11.3 Å². The van der Waals surface area contributed by atoms with E-state index in [4.69, 9.17) is 40.1 Å². The second-order valence-electron chi connectivity index (χ2n) is 3.74. The largest absolute Gasteiger partial charge is 0.253 e. The maximum atomic E-state index is 13.2. The van der Waals surface area contributed by atoms with Crippen LogP contribution in [0.1, 0.15) is 5.56 Å². The SMILES string of the molecule is N#CCc1cc(F)cnc1-c1c(Cl)cc(Cl)cc1Cl. The molecule has 0 aliphatic carbocycles. The van der Waals surface area contributed by atoms with Gasteiger partial charge in [-0.3, -0.25) is 4.98 Å². The van der Waals surface area contributed by atoms with Crippen LogP contribution in [-0.4, -0.2) is 4.98 Å². The summed E-state index contributed by atoms with van der Waals surface area (Å²) >= 11 is 18.0. The Morgan fingerprint density at radius 2 is 1.79 bits per heavy atom. The third kappa shape index (κ3) is 2.98. The molecule has 0 unspecified atom stereocenters. The van der Waals surface area contributed by atoms with Crippen LogP contribution in [0.2, 0.25) is 15.1 Å². The Hall–Kier alpha value is -1.34. The number of nitrogens with zero attached hydrogens (tertiary/aromatic N) is 2. The molecule has 1 aromatic carbocycles. The standard InChI is InChI=1S/C13H6Cl3FN2/c14-8-4-10(15)12(11(16)5-8)13-7(1-2-18)3-9(17)6-19-13/h3-6H,1H2. The zero-order valence-corrected chi connectivity index (χ0v) is 11.7. The minimum absolute atomic E-state index is 0.00930. The van der Waals surface area contributed by atoms with E-state index >= 15 is 0 Å². The van der Waals surface area contributed by atoms with Gasteiger partial charge in [0.25, 0.3) is 0 Å². The van der Waals surface area contributed by atoms with Crippen molar-refractivity contribution in [3.05, 3.63) is 50.8 Å². The van der Waals surface area contributed by atoms with Gasteiger partial charge in [0.1, 0.15) is 5.82 Å². The molecule has 96 valence electrons. The van der Waals surface area contributed by atoms with Crippen molar-refractivity contribution < 1.29 is 4.39 Å². The smallest absolute Gasteiger partial charge is 0.141 e. The van der Waals surface area contributed by atoms with Crippen molar-refractivity contribution in [1.82, 2.24) is 4.98 Å². The molecule has 0 spiro atoms. The lowest BCUT2D eigenvalue weighted by atomic mass is 10.0. The van der Waals surface area contributed by atoms with Crippen LogP contribution in [0.15, 0.2) is 24.4 Å². The molecule has 0 radical (unpaired) electrons. The highest BCUT2D eigenvalue weighted by Gasteiger charge is 2.16. The number of benzene rings is 1. The third-order valence-electron chi connectivity index (χ3n) is 2.45. The Morgan fingerprint density at radius 1 is 1.16 bits per heavy atom. The highest BCUT2D eigenvalue weighted by Crippen LogP contribution is 2.37. The fourth-order valence-corrected chi connectivity index (χ4v) is 2.69. The van der Waals surface area contributed by atoms with Crippen molar-refractivity contribution in [1.29, 1.82) is 5.26 Å². The van der Waals surface area contributed by atoms with Crippen molar-refractivity contribution in [3.8, 4) is 17.3 Å². The monoisotopic (exact) mass is 314 g/mol. The van der Waals surface area contributed by atoms with Crippen molar-refractivity contribution in [3.63, 3.8) is 0 Å². The molecule has 2 aromatic rings. The Labute approximate surface area is 124 Å². The van der Waals surface area contributed by atoms with Gasteiger partial charge >= 0.3 is 0 Å². The molecule has 6 heteroatoms. The minimum atomic E-state index is -0.518. The van der Waals surface area contributed by atoms with E-state index in [1.54, 1.807) is 0 Å². The first-order valence-electron chi connectivity index (χ1n) is 5.19. The molecule has 0 aliphatic rings. The number of pyridine rings is 1. The molecule has 19 heavy (non-hydrogen) atoms. The van der Waals surface area contributed by atoms with Gasteiger partial charge in [0.05, 0.1) is 34.4 Å². The van der Waals surface area contributed by atoms with Gasteiger partial charge in [-0.15, -0.1) is 0 Å². The van der Waals surface area contributed by atoms with Crippen LogP contribution in [0.5, 0.6) is 0 Å². The summed E-state index contributed by atoms with van der Waals surface area (Å²) in [5, 5.41) is 9.77. The van der Waals surface area contributed by atoms with Gasteiger partial charge in [0.2, 0.25) is 0 Å². The average Bonchev–Trinajstić information content (AvgIpc) is 2.31. The number of nitriles is 1. The predicted molar refractivity (Wildman–Crippen MR) is 74.0 cm³/mol. The first-order valence-corrected chi connectivity index (χ1v) is 6.32. The molecule has 1 heterocycles. The highest BCUT2D eigenvalue weighted by atomic mass is 35.5. The molecule has 0 amide bonds. The Kier molecular flexibility index (Phi) is 4.26. The molecule has 0 fully saturated rings. The maximum absolute atomic E-state index is 13.2. The summed E-state index contributed by atoms with van der Waals surface area (Å²) in [7, 11) is 0. The lowest BCUT2D eigenvalue weighted by Gasteiger charge is -2.10. The quantitative estimate of drug-likeness (QED) is 0.789. The molecular formula is C13H6Cl3FN2. The second-order valence-corrected chi connectivity index (χ2v) is 4.99. The molecule has 0 atom stereocenters. The summed E-state index contributed by atoms with van der Waals surface area (Å²) in [4.78, 5) is 3.98. The van der Waals surface area contributed by atoms with Gasteiger partial charge in [-0.1, -0.05) is 34.8 Å². The van der Waals surface area contributed by atoms with E-state index in [2.05, 4.69) is 4.98 Å². The maximum Gasteiger partial charge on any atom is 0.141 e. The summed E-state index contributed by atoms with van der Waals surface area (Å²) in [6, 6.07) is 6.23. The number of aromatic nitrogens is 1. The molecule has 0 saturated carbocycles. The predicted octanol–water partition coefficient (Wildman–Crippen LogP) is 4.91. The lowest BCUT2D eigenvalue weighted by Crippen LogP contribution is -1.96. The fraction of sp³-hybridized carbons (Fsp3) is 0.0769. The zero-order valence-electron chi connectivity index (χ0n) is 9.42. The molecule has 2 nitrogen and oxygen atoms in total. The highest BCUT2D eigenvalue weighted by molar-refractivity contribution is 6.41. The van der Waals surface area contributed by atoms with Gasteiger partial charge in [0.15, 0.2) is 0 Å². The van der Waals surface area contributed by atoms with E-state index in [0.29, 0.717) is 31.9 Å². The van der Waals surface area contributed by atoms with Crippen LogP contribution in [0, 0.1) is 17.1 Å². The fourth-order valence-electron chi connectivity index (χ4n) is 1.69. The van der Waals surface area contributed by atoms with Gasteiger partial charge < -0.3 is 0 Å². The topological polar surface area (TPSA) is 36.7 Å². The van der Waals surface area contributed by atoms with E-state index in [0.717, 1.165) is 6.20 Å². The Morgan fingerprint density at radius 3 is 2.37 bits per heavy atom. The van der Waals surface area contributed by atoms with E-state index in [9.17, 15) is 4.39 Å². The number of halogens is 4. The first kappa shape index (κ1) is 14.1. The van der Waals surface area contributed by atoms with Crippen molar-refractivity contribution in [2.45, 2.75) is 6.42 Å². The van der Waals surface area contributed by atoms with Crippen LogP contribution < -0.4 is 0 Å². The average molecular weight is 316 g/mol. The van der Waals surface area contributed by atoms with Crippen molar-refractivity contribution in [2.75, 3.05) is 0 Å². The number of hydrogen-bond acceptors (Lipinski definition) is 2. The summed E-state index contributed by atoms with van der Waals surface area (Å²) < 4.78 is 13.2. The summed E-state index contributed by atoms with van der Waals surface area (Å²) in [6.45, 7) is 0. The summed E-state index contributed by atoms with van der Waals surface area (Å²) in [5.74, 6) is -0.518. The molecule has 2 rings (SSSR count). The third-order valence-corrected chi connectivity index (χ3v) is 3.26. The van der Waals surface area contributed by atoms with Gasteiger partial charge in [-0.2, -0.15) is 5.26 Å². The molecule has 1 aromatic heterocycles. The van der Waals surface area contributed by atoms with Gasteiger partial charge in [0, 0.05) is 10.6 Å². The van der Waals surface area contributed by atoms with Crippen molar-refractivity contribution >= 4 is 34.8 Å². The Balaban J connectivity index is 2.69. The van der Waals surface area contributed by atoms with Crippen LogP contribution in [-0.2, 0) is 6.42 Å². The van der Waals surface area contributed by atoms with Crippen LogP contribution in [0.3, 0.4) is 0 Å².